The number of hydrogen-bond donors (Lipinski definition) is 3. The van der Waals surface area contributed by atoms with Crippen LogP contribution in [0.2, 0.25) is 0 Å². The van der Waals surface area contributed by atoms with Gasteiger partial charge in [-0.05, 0) is 30.9 Å². The third kappa shape index (κ3) is 7.33. The summed E-state index contributed by atoms with van der Waals surface area (Å²) >= 11 is 0. The van der Waals surface area contributed by atoms with E-state index < -0.39 is 25.2 Å². The van der Waals surface area contributed by atoms with Crippen LogP contribution in [0.5, 0.6) is 0 Å². The van der Waals surface area contributed by atoms with Gasteiger partial charge in [0, 0.05) is 31.1 Å². The summed E-state index contributed by atoms with van der Waals surface area (Å²) in [5.41, 5.74) is 0.845. The van der Waals surface area contributed by atoms with Gasteiger partial charge in [-0.15, -0.1) is 0 Å². The van der Waals surface area contributed by atoms with Crippen molar-refractivity contribution in [3.8, 4) is 0 Å². The van der Waals surface area contributed by atoms with E-state index in [2.05, 4.69) is 4.98 Å². The minimum Gasteiger partial charge on any atom is -0.481 e. The second-order valence-electron chi connectivity index (χ2n) is 5.16. The standard InChI is InChI=1S/C14H20NO6P/c16-13(17)4-3-12(14(18)19)6-9-22(20,21)8-5-11-2-1-7-15-10-11/h1-2,7,10,12H,3-6,8-9H2,(H,16,17)(H,18,19)(H,20,21). The van der Waals surface area contributed by atoms with E-state index in [9.17, 15) is 19.0 Å². The van der Waals surface area contributed by atoms with Crippen molar-refractivity contribution in [3.05, 3.63) is 30.1 Å². The first-order valence-electron chi connectivity index (χ1n) is 6.94. The highest BCUT2D eigenvalue weighted by Gasteiger charge is 2.24. The monoisotopic (exact) mass is 329 g/mol. The zero-order chi connectivity index (χ0) is 16.6. The molecule has 2 atom stereocenters. The van der Waals surface area contributed by atoms with Crippen molar-refractivity contribution in [1.82, 2.24) is 4.98 Å². The lowest BCUT2D eigenvalue weighted by atomic mass is 10.0. The highest BCUT2D eigenvalue weighted by molar-refractivity contribution is 7.57. The average Bonchev–Trinajstić information content (AvgIpc) is 2.45. The van der Waals surface area contributed by atoms with Crippen LogP contribution in [0.15, 0.2) is 24.5 Å². The van der Waals surface area contributed by atoms with Gasteiger partial charge in [0.25, 0.3) is 0 Å². The molecule has 2 unspecified atom stereocenters. The summed E-state index contributed by atoms with van der Waals surface area (Å²) in [6.07, 6.45) is 3.27. The predicted molar refractivity (Wildman–Crippen MR) is 80.1 cm³/mol. The maximum Gasteiger partial charge on any atom is 0.306 e. The maximum absolute atomic E-state index is 12.1. The Bertz CT molecular complexity index is 548. The molecule has 0 saturated carbocycles. The molecule has 0 bridgehead atoms. The SMILES string of the molecule is O=C(O)CCC(CCP(=O)(O)CCc1cccnc1)C(=O)O. The van der Waals surface area contributed by atoms with Gasteiger partial charge in [-0.1, -0.05) is 6.07 Å². The fourth-order valence-corrected chi connectivity index (χ4v) is 3.55. The third-order valence-corrected chi connectivity index (χ3v) is 5.23. The molecule has 0 aliphatic heterocycles. The molecule has 1 heterocycles. The van der Waals surface area contributed by atoms with Gasteiger partial charge in [-0.3, -0.25) is 19.1 Å². The van der Waals surface area contributed by atoms with E-state index in [1.807, 2.05) is 0 Å². The molecule has 0 aliphatic rings. The Hall–Kier alpha value is -1.72. The summed E-state index contributed by atoms with van der Waals surface area (Å²) in [5, 5.41) is 17.6. The van der Waals surface area contributed by atoms with E-state index in [4.69, 9.17) is 10.2 Å². The van der Waals surface area contributed by atoms with Crippen molar-refractivity contribution in [2.45, 2.75) is 25.7 Å². The molecule has 0 fully saturated rings. The molecule has 22 heavy (non-hydrogen) atoms. The van der Waals surface area contributed by atoms with Crippen molar-refractivity contribution in [1.29, 1.82) is 0 Å². The van der Waals surface area contributed by atoms with Crippen LogP contribution in [-0.2, 0) is 20.6 Å². The Morgan fingerprint density at radius 2 is 1.95 bits per heavy atom. The topological polar surface area (TPSA) is 125 Å². The number of carbonyl (C=O) groups is 2. The van der Waals surface area contributed by atoms with E-state index in [1.54, 1.807) is 24.5 Å². The van der Waals surface area contributed by atoms with Crippen LogP contribution in [0.3, 0.4) is 0 Å². The molecule has 3 N–H and O–H groups in total. The number of nitrogens with zero attached hydrogens (tertiary/aromatic N) is 1. The quantitative estimate of drug-likeness (QED) is 0.559. The Kier molecular flexibility index (Phi) is 7.21. The summed E-state index contributed by atoms with van der Waals surface area (Å²) < 4.78 is 12.1. The smallest absolute Gasteiger partial charge is 0.306 e. The number of carboxylic acid groups (broad SMARTS) is 2. The minimum absolute atomic E-state index is 0.00340. The number of carboxylic acids is 2. The first-order chi connectivity index (χ1) is 10.3. The maximum atomic E-state index is 12.1. The Morgan fingerprint density at radius 3 is 2.50 bits per heavy atom. The van der Waals surface area contributed by atoms with E-state index in [0.29, 0.717) is 6.42 Å². The van der Waals surface area contributed by atoms with Crippen LogP contribution in [-0.4, -0.2) is 44.4 Å². The van der Waals surface area contributed by atoms with Gasteiger partial charge >= 0.3 is 11.9 Å². The van der Waals surface area contributed by atoms with Crippen molar-refractivity contribution >= 4 is 19.3 Å². The molecular weight excluding hydrogens is 309 g/mol. The molecule has 1 rings (SSSR count). The van der Waals surface area contributed by atoms with Crippen LogP contribution in [0.25, 0.3) is 0 Å². The van der Waals surface area contributed by atoms with Crippen LogP contribution < -0.4 is 0 Å². The van der Waals surface area contributed by atoms with E-state index in [1.165, 1.54) is 0 Å². The third-order valence-electron chi connectivity index (χ3n) is 3.36. The second kappa shape index (κ2) is 8.66. The number of aromatic nitrogens is 1. The first-order valence-corrected chi connectivity index (χ1v) is 8.97. The normalized spacial score (nSPS) is 15.0. The molecule has 122 valence electrons. The molecule has 0 saturated heterocycles. The van der Waals surface area contributed by atoms with Gasteiger partial charge in [0.1, 0.15) is 0 Å². The molecular formula is C14H20NO6P. The molecule has 8 heteroatoms. The molecule has 0 amide bonds. The summed E-state index contributed by atoms with van der Waals surface area (Å²) in [5.74, 6) is -3.11. The molecule has 1 aromatic rings. The molecule has 0 aromatic carbocycles. The fraction of sp³-hybridized carbons (Fsp3) is 0.500. The lowest BCUT2D eigenvalue weighted by Gasteiger charge is -2.15. The molecule has 1 aromatic heterocycles. The number of rotatable bonds is 10. The number of aliphatic carboxylic acids is 2. The average molecular weight is 329 g/mol. The summed E-state index contributed by atoms with van der Waals surface area (Å²) in [4.78, 5) is 35.3. The van der Waals surface area contributed by atoms with E-state index in [-0.39, 0.29) is 31.6 Å². The predicted octanol–water partition coefficient (Wildman–Crippen LogP) is 1.85. The van der Waals surface area contributed by atoms with Crippen LogP contribution >= 0.6 is 7.37 Å². The first kappa shape index (κ1) is 18.3. The Labute approximate surface area is 128 Å². The van der Waals surface area contributed by atoms with E-state index >= 15 is 0 Å². The number of aryl methyl sites for hydroxylation is 1. The number of hydrogen-bond acceptors (Lipinski definition) is 4. The van der Waals surface area contributed by atoms with Crippen molar-refractivity contribution in [3.63, 3.8) is 0 Å². The van der Waals surface area contributed by atoms with Gasteiger partial charge < -0.3 is 15.1 Å². The van der Waals surface area contributed by atoms with Gasteiger partial charge in [0.15, 0.2) is 0 Å². The number of pyridine rings is 1. The Morgan fingerprint density at radius 1 is 1.23 bits per heavy atom. The summed E-state index contributed by atoms with van der Waals surface area (Å²) in [6, 6.07) is 3.55. The lowest BCUT2D eigenvalue weighted by Crippen LogP contribution is -2.17. The van der Waals surface area contributed by atoms with Crippen molar-refractivity contribution < 1.29 is 29.3 Å². The highest BCUT2D eigenvalue weighted by Crippen LogP contribution is 2.42. The molecule has 0 aliphatic carbocycles. The zero-order valence-electron chi connectivity index (χ0n) is 12.1. The minimum atomic E-state index is -3.44. The molecule has 0 spiro atoms. The van der Waals surface area contributed by atoms with Crippen LogP contribution in [0.1, 0.15) is 24.8 Å². The van der Waals surface area contributed by atoms with Crippen molar-refractivity contribution in [2.75, 3.05) is 12.3 Å². The highest BCUT2D eigenvalue weighted by atomic mass is 31.2. The fourth-order valence-electron chi connectivity index (χ4n) is 2.01. The van der Waals surface area contributed by atoms with Crippen LogP contribution in [0.4, 0.5) is 0 Å². The van der Waals surface area contributed by atoms with E-state index in [0.717, 1.165) is 5.56 Å². The van der Waals surface area contributed by atoms with Crippen LogP contribution in [0, 0.1) is 5.92 Å². The Balaban J connectivity index is 2.46. The van der Waals surface area contributed by atoms with Crippen molar-refractivity contribution in [2.24, 2.45) is 5.92 Å². The van der Waals surface area contributed by atoms with Gasteiger partial charge in [-0.2, -0.15) is 0 Å². The zero-order valence-corrected chi connectivity index (χ0v) is 13.0. The summed E-state index contributed by atoms with van der Waals surface area (Å²) in [6.45, 7) is 0. The van der Waals surface area contributed by atoms with Gasteiger partial charge in [0.05, 0.1) is 5.92 Å². The van der Waals surface area contributed by atoms with Gasteiger partial charge in [-0.25, -0.2) is 0 Å². The second-order valence-corrected chi connectivity index (χ2v) is 7.75. The van der Waals surface area contributed by atoms with Gasteiger partial charge in [0.2, 0.25) is 7.37 Å². The lowest BCUT2D eigenvalue weighted by molar-refractivity contribution is -0.143. The summed E-state index contributed by atoms with van der Waals surface area (Å²) in [7, 11) is -3.44. The molecule has 7 nitrogen and oxygen atoms in total. The largest absolute Gasteiger partial charge is 0.481 e. The molecule has 0 radical (unpaired) electrons.